The molecule has 0 spiro atoms. The van der Waals surface area contributed by atoms with E-state index in [0.717, 1.165) is 24.4 Å². The minimum absolute atomic E-state index is 0.188. The Balaban J connectivity index is 1.71. The summed E-state index contributed by atoms with van der Waals surface area (Å²) in [6, 6.07) is 3.47. The highest BCUT2D eigenvalue weighted by molar-refractivity contribution is 7.99. The molecule has 0 aliphatic carbocycles. The molecule has 25 heavy (non-hydrogen) atoms. The van der Waals surface area contributed by atoms with Crippen LogP contribution in [-0.4, -0.2) is 58.0 Å². The van der Waals surface area contributed by atoms with Crippen LogP contribution in [0, 0.1) is 10.1 Å². The Morgan fingerprint density at radius 2 is 2.16 bits per heavy atom. The van der Waals surface area contributed by atoms with Crippen LogP contribution in [0.1, 0.15) is 6.42 Å². The molecule has 132 valence electrons. The number of halogens is 1. The predicted octanol–water partition coefficient (Wildman–Crippen LogP) is 2.72. The minimum Gasteiger partial charge on any atom is -0.358 e. The summed E-state index contributed by atoms with van der Waals surface area (Å²) in [5.41, 5.74) is 0. The van der Waals surface area contributed by atoms with Gasteiger partial charge in [-0.1, -0.05) is 23.4 Å². The molecule has 1 aliphatic rings. The molecule has 0 N–H and O–H groups in total. The number of likely N-dealkylation sites (N-methyl/N-ethyl adjacent to an activating group) is 1. The first-order valence-electron chi connectivity index (χ1n) is 7.66. The van der Waals surface area contributed by atoms with Gasteiger partial charge in [-0.05, 0) is 36.5 Å². The van der Waals surface area contributed by atoms with Crippen molar-refractivity contribution >= 4 is 35.1 Å². The van der Waals surface area contributed by atoms with Crippen LogP contribution in [0.15, 0.2) is 34.3 Å². The zero-order valence-corrected chi connectivity index (χ0v) is 15.4. The third-order valence-corrected chi connectivity index (χ3v) is 5.41. The fraction of sp³-hybridized carbons (Fsp3) is 0.400. The van der Waals surface area contributed by atoms with Gasteiger partial charge in [0.25, 0.3) is 0 Å². The van der Waals surface area contributed by atoms with E-state index in [1.807, 2.05) is 0 Å². The molecule has 1 saturated heterocycles. The lowest BCUT2D eigenvalue weighted by Gasteiger charge is -2.20. The largest absolute Gasteiger partial charge is 0.363 e. The van der Waals surface area contributed by atoms with Gasteiger partial charge in [-0.25, -0.2) is 4.98 Å². The third kappa shape index (κ3) is 4.17. The second-order valence-electron chi connectivity index (χ2n) is 5.89. The van der Waals surface area contributed by atoms with Crippen molar-refractivity contribution in [1.29, 1.82) is 0 Å². The molecule has 1 atom stereocenters. The van der Waals surface area contributed by atoms with Crippen molar-refractivity contribution in [3.8, 4) is 0 Å². The van der Waals surface area contributed by atoms with Crippen molar-refractivity contribution in [2.45, 2.75) is 22.3 Å². The first-order valence-corrected chi connectivity index (χ1v) is 8.85. The number of nitro groups is 1. The Bertz CT molecular complexity index is 773. The fourth-order valence-electron chi connectivity index (χ4n) is 2.58. The lowest BCUT2D eigenvalue weighted by Crippen LogP contribution is -2.32. The van der Waals surface area contributed by atoms with Gasteiger partial charge in [-0.2, -0.15) is 4.98 Å². The van der Waals surface area contributed by atoms with Gasteiger partial charge in [-0.15, -0.1) is 0 Å². The van der Waals surface area contributed by atoms with E-state index in [1.54, 1.807) is 12.3 Å². The highest BCUT2D eigenvalue weighted by Gasteiger charge is 2.26. The van der Waals surface area contributed by atoms with Crippen LogP contribution < -0.4 is 4.90 Å². The maximum atomic E-state index is 10.6. The maximum absolute atomic E-state index is 10.6. The third-order valence-electron chi connectivity index (χ3n) is 4.01. The maximum Gasteiger partial charge on any atom is 0.363 e. The van der Waals surface area contributed by atoms with Crippen LogP contribution in [-0.2, 0) is 0 Å². The van der Waals surface area contributed by atoms with Crippen molar-refractivity contribution in [3.63, 3.8) is 0 Å². The molecule has 2 aromatic rings. The molecule has 3 heterocycles. The first-order chi connectivity index (χ1) is 11.9. The van der Waals surface area contributed by atoms with Gasteiger partial charge in [0.2, 0.25) is 5.95 Å². The topological polar surface area (TPSA) is 88.3 Å². The van der Waals surface area contributed by atoms with Crippen LogP contribution in [0.3, 0.4) is 0 Å². The number of rotatable bonds is 5. The zero-order valence-electron chi connectivity index (χ0n) is 13.8. The molecule has 0 unspecified atom stereocenters. The van der Waals surface area contributed by atoms with Crippen LogP contribution >= 0.6 is 23.4 Å². The number of pyridine rings is 1. The second-order valence-corrected chi connectivity index (χ2v) is 7.36. The standard InChI is InChI=1S/C15H17ClN6O2S/c1-20(2)10-5-6-21(9-10)15-18-8-12(14(16)19-15)25-11-3-4-13(17-7-11)22(23)24/h3-4,7-8,10H,5-6,9H2,1-2H3/t10-/m1/s1. The van der Waals surface area contributed by atoms with Gasteiger partial charge in [0.05, 0.1) is 9.79 Å². The highest BCUT2D eigenvalue weighted by atomic mass is 35.5. The predicted molar refractivity (Wildman–Crippen MR) is 96.4 cm³/mol. The average Bonchev–Trinajstić information content (AvgIpc) is 3.07. The summed E-state index contributed by atoms with van der Waals surface area (Å²) in [7, 11) is 4.14. The van der Waals surface area contributed by atoms with Gasteiger partial charge in [0.1, 0.15) is 5.15 Å². The molecular weight excluding hydrogens is 364 g/mol. The summed E-state index contributed by atoms with van der Waals surface area (Å²) in [5, 5.41) is 11.0. The second kappa shape index (κ2) is 7.51. The molecule has 0 aromatic carbocycles. The van der Waals surface area contributed by atoms with Crippen LogP contribution in [0.5, 0.6) is 0 Å². The Labute approximate surface area is 154 Å². The summed E-state index contributed by atoms with van der Waals surface area (Å²) in [6.07, 6.45) is 4.19. The van der Waals surface area contributed by atoms with E-state index < -0.39 is 4.92 Å². The number of nitrogens with zero attached hydrogens (tertiary/aromatic N) is 6. The van der Waals surface area contributed by atoms with Crippen molar-refractivity contribution in [2.24, 2.45) is 0 Å². The first kappa shape index (κ1) is 17.8. The minimum atomic E-state index is -0.531. The SMILES string of the molecule is CN(C)[C@@H]1CCN(c2ncc(Sc3ccc([N+](=O)[O-])nc3)c(Cl)n2)C1. The molecule has 1 fully saturated rings. The van der Waals surface area contributed by atoms with E-state index in [-0.39, 0.29) is 5.82 Å². The van der Waals surface area contributed by atoms with E-state index in [1.165, 1.54) is 24.0 Å². The molecule has 8 nitrogen and oxygen atoms in total. The normalized spacial score (nSPS) is 17.3. The fourth-order valence-corrected chi connectivity index (χ4v) is 3.55. The summed E-state index contributed by atoms with van der Waals surface area (Å²) in [4.78, 5) is 28.5. The Morgan fingerprint density at radius 1 is 1.36 bits per heavy atom. The monoisotopic (exact) mass is 380 g/mol. The molecule has 10 heteroatoms. The van der Waals surface area contributed by atoms with Crippen LogP contribution in [0.2, 0.25) is 5.15 Å². The van der Waals surface area contributed by atoms with Crippen LogP contribution in [0.4, 0.5) is 11.8 Å². The summed E-state index contributed by atoms with van der Waals surface area (Å²) >= 11 is 7.62. The number of hydrogen-bond donors (Lipinski definition) is 0. The summed E-state index contributed by atoms with van der Waals surface area (Å²) < 4.78 is 0. The molecular formula is C15H17ClN6O2S. The Hall–Kier alpha value is -1.97. The molecule has 0 saturated carbocycles. The van der Waals surface area contributed by atoms with Gasteiger partial charge in [-0.3, -0.25) is 0 Å². The Morgan fingerprint density at radius 3 is 2.72 bits per heavy atom. The van der Waals surface area contributed by atoms with Crippen molar-refractivity contribution in [1.82, 2.24) is 19.9 Å². The van der Waals surface area contributed by atoms with Gasteiger partial charge >= 0.3 is 5.82 Å². The Kier molecular flexibility index (Phi) is 5.36. The molecule has 0 amide bonds. The van der Waals surface area contributed by atoms with Crippen molar-refractivity contribution < 1.29 is 4.92 Å². The average molecular weight is 381 g/mol. The summed E-state index contributed by atoms with van der Waals surface area (Å²) in [5.74, 6) is 0.437. The number of hydrogen-bond acceptors (Lipinski definition) is 8. The lowest BCUT2D eigenvalue weighted by atomic mass is 10.2. The van der Waals surface area contributed by atoms with Crippen LogP contribution in [0.25, 0.3) is 0 Å². The highest BCUT2D eigenvalue weighted by Crippen LogP contribution is 2.33. The van der Waals surface area contributed by atoms with E-state index in [9.17, 15) is 10.1 Å². The van der Waals surface area contributed by atoms with E-state index in [0.29, 0.717) is 22.0 Å². The van der Waals surface area contributed by atoms with Gasteiger partial charge in [0.15, 0.2) is 6.20 Å². The molecule has 0 bridgehead atoms. The number of aromatic nitrogens is 3. The zero-order chi connectivity index (χ0) is 18.0. The van der Waals surface area contributed by atoms with Gasteiger partial charge in [0, 0.05) is 31.4 Å². The van der Waals surface area contributed by atoms with E-state index >= 15 is 0 Å². The molecule has 2 aromatic heterocycles. The smallest absolute Gasteiger partial charge is 0.358 e. The number of anilines is 1. The van der Waals surface area contributed by atoms with E-state index in [2.05, 4.69) is 38.8 Å². The summed E-state index contributed by atoms with van der Waals surface area (Å²) in [6.45, 7) is 1.78. The quantitative estimate of drug-likeness (QED) is 0.444. The van der Waals surface area contributed by atoms with Gasteiger partial charge < -0.3 is 19.9 Å². The molecule has 0 radical (unpaired) electrons. The van der Waals surface area contributed by atoms with Crippen molar-refractivity contribution in [2.75, 3.05) is 32.1 Å². The van der Waals surface area contributed by atoms with E-state index in [4.69, 9.17) is 11.6 Å². The molecule has 1 aliphatic heterocycles. The lowest BCUT2D eigenvalue weighted by molar-refractivity contribution is -0.389. The van der Waals surface area contributed by atoms with Crippen molar-refractivity contribution in [3.05, 3.63) is 39.8 Å². The molecule has 3 rings (SSSR count).